The quantitative estimate of drug-likeness (QED) is 0.214. The molecule has 3 N–H and O–H groups in total. The Balaban J connectivity index is 0.00000576. The van der Waals surface area contributed by atoms with Crippen LogP contribution in [0.25, 0.3) is 0 Å². The molecular formula is C18H32IN3O3. The summed E-state index contributed by atoms with van der Waals surface area (Å²) in [6, 6.07) is 5.13. The lowest BCUT2D eigenvalue weighted by Crippen LogP contribution is -2.39. The average molecular weight is 465 g/mol. The maximum atomic E-state index is 9.91. The van der Waals surface area contributed by atoms with Crippen LogP contribution in [0.2, 0.25) is 0 Å². The fraction of sp³-hybridized carbons (Fsp3) is 0.611. The number of methoxy groups -OCH3 is 1. The molecular weight excluding hydrogens is 433 g/mol. The first kappa shape index (κ1) is 23.8. The Hall–Kier alpha value is -1.22. The highest BCUT2D eigenvalue weighted by Gasteiger charge is 2.04. The van der Waals surface area contributed by atoms with Crippen molar-refractivity contribution in [2.45, 2.75) is 33.7 Å². The molecule has 0 amide bonds. The van der Waals surface area contributed by atoms with E-state index in [1.165, 1.54) is 0 Å². The zero-order valence-electron chi connectivity index (χ0n) is 15.7. The molecule has 7 heteroatoms. The predicted octanol–water partition coefficient (Wildman–Crippen LogP) is 3.14. The molecule has 0 aliphatic heterocycles. The lowest BCUT2D eigenvalue weighted by atomic mass is 10.1. The van der Waals surface area contributed by atoms with E-state index in [9.17, 15) is 5.11 Å². The molecule has 1 aromatic rings. The molecule has 0 fully saturated rings. The number of hydrogen-bond acceptors (Lipinski definition) is 4. The van der Waals surface area contributed by atoms with Gasteiger partial charge in [0.15, 0.2) is 5.96 Å². The number of halogens is 1. The zero-order valence-corrected chi connectivity index (χ0v) is 18.0. The maximum absolute atomic E-state index is 9.91. The number of guanidine groups is 1. The van der Waals surface area contributed by atoms with E-state index in [2.05, 4.69) is 29.5 Å². The standard InChI is InChI=1S/C18H31N3O3.HI/c1-5-19-18(20-9-11-24-10-8-14(2)3)21-13-15-12-16(23-4)6-7-17(15)22;/h6-7,12,14,22H,5,8-11,13H2,1-4H3,(H2,19,20,21);1H. The molecule has 0 aromatic heterocycles. The van der Waals surface area contributed by atoms with Gasteiger partial charge in [-0.25, -0.2) is 4.99 Å². The van der Waals surface area contributed by atoms with Gasteiger partial charge >= 0.3 is 0 Å². The van der Waals surface area contributed by atoms with Gasteiger partial charge in [-0.3, -0.25) is 0 Å². The monoisotopic (exact) mass is 465 g/mol. The predicted molar refractivity (Wildman–Crippen MR) is 113 cm³/mol. The van der Waals surface area contributed by atoms with Crippen molar-refractivity contribution in [1.29, 1.82) is 0 Å². The summed E-state index contributed by atoms with van der Waals surface area (Å²) in [5, 5.41) is 16.3. The molecule has 0 atom stereocenters. The van der Waals surface area contributed by atoms with Crippen molar-refractivity contribution in [3.05, 3.63) is 23.8 Å². The van der Waals surface area contributed by atoms with Crippen molar-refractivity contribution >= 4 is 29.9 Å². The van der Waals surface area contributed by atoms with Gasteiger partial charge in [0.25, 0.3) is 0 Å². The van der Waals surface area contributed by atoms with Crippen molar-refractivity contribution in [2.24, 2.45) is 10.9 Å². The molecule has 0 aliphatic carbocycles. The third-order valence-corrected chi connectivity index (χ3v) is 3.42. The molecule has 0 unspecified atom stereocenters. The van der Waals surface area contributed by atoms with E-state index in [0.717, 1.165) is 25.1 Å². The summed E-state index contributed by atoms with van der Waals surface area (Å²) in [6.45, 7) is 9.63. The Morgan fingerprint density at radius 1 is 1.24 bits per heavy atom. The minimum absolute atomic E-state index is 0. The summed E-state index contributed by atoms with van der Waals surface area (Å²) in [7, 11) is 1.60. The first-order valence-corrected chi connectivity index (χ1v) is 8.52. The topological polar surface area (TPSA) is 75.1 Å². The van der Waals surface area contributed by atoms with Crippen LogP contribution in [0.15, 0.2) is 23.2 Å². The second-order valence-electron chi connectivity index (χ2n) is 5.91. The Bertz CT molecular complexity index is 510. The zero-order chi connectivity index (χ0) is 17.8. The number of aromatic hydroxyl groups is 1. The fourth-order valence-electron chi connectivity index (χ4n) is 1.98. The molecule has 0 saturated heterocycles. The van der Waals surface area contributed by atoms with Gasteiger partial charge in [-0.1, -0.05) is 13.8 Å². The molecule has 144 valence electrons. The van der Waals surface area contributed by atoms with Gasteiger partial charge in [0, 0.05) is 25.3 Å². The van der Waals surface area contributed by atoms with Crippen molar-refractivity contribution < 1.29 is 14.6 Å². The van der Waals surface area contributed by atoms with Crippen molar-refractivity contribution in [3.8, 4) is 11.5 Å². The number of hydrogen-bond donors (Lipinski definition) is 3. The van der Waals surface area contributed by atoms with Crippen LogP contribution in [0.1, 0.15) is 32.8 Å². The molecule has 1 aromatic carbocycles. The summed E-state index contributed by atoms with van der Waals surface area (Å²) >= 11 is 0. The molecule has 25 heavy (non-hydrogen) atoms. The molecule has 0 radical (unpaired) electrons. The van der Waals surface area contributed by atoms with Crippen LogP contribution in [-0.2, 0) is 11.3 Å². The van der Waals surface area contributed by atoms with Gasteiger partial charge in [-0.05, 0) is 37.5 Å². The normalized spacial score (nSPS) is 11.2. The highest BCUT2D eigenvalue weighted by atomic mass is 127. The molecule has 0 saturated carbocycles. The Labute approximate surface area is 168 Å². The van der Waals surface area contributed by atoms with Crippen molar-refractivity contribution in [2.75, 3.05) is 33.4 Å². The summed E-state index contributed by atoms with van der Waals surface area (Å²) in [5.41, 5.74) is 0.722. The van der Waals surface area contributed by atoms with E-state index in [1.807, 2.05) is 6.92 Å². The van der Waals surface area contributed by atoms with E-state index < -0.39 is 0 Å². The highest BCUT2D eigenvalue weighted by Crippen LogP contribution is 2.23. The minimum Gasteiger partial charge on any atom is -0.508 e. The SMILES string of the molecule is CCNC(=NCc1cc(OC)ccc1O)NCCOCCC(C)C.I. The molecule has 6 nitrogen and oxygen atoms in total. The smallest absolute Gasteiger partial charge is 0.191 e. The summed E-state index contributed by atoms with van der Waals surface area (Å²) < 4.78 is 10.8. The number of nitrogens with zero attached hydrogens (tertiary/aromatic N) is 1. The Morgan fingerprint density at radius 3 is 2.64 bits per heavy atom. The molecule has 0 heterocycles. The van der Waals surface area contributed by atoms with E-state index in [1.54, 1.807) is 25.3 Å². The van der Waals surface area contributed by atoms with Crippen LogP contribution in [0, 0.1) is 5.92 Å². The van der Waals surface area contributed by atoms with Gasteiger partial charge in [0.05, 0.1) is 20.3 Å². The van der Waals surface area contributed by atoms with Crippen LogP contribution >= 0.6 is 24.0 Å². The van der Waals surface area contributed by atoms with E-state index in [0.29, 0.717) is 37.3 Å². The number of ether oxygens (including phenoxy) is 2. The fourth-order valence-corrected chi connectivity index (χ4v) is 1.98. The van der Waals surface area contributed by atoms with E-state index >= 15 is 0 Å². The van der Waals surface area contributed by atoms with Crippen LogP contribution in [0.4, 0.5) is 0 Å². The number of aliphatic imine (C=N–C) groups is 1. The number of phenols is 1. The van der Waals surface area contributed by atoms with Gasteiger partial charge in [-0.2, -0.15) is 0 Å². The van der Waals surface area contributed by atoms with Crippen molar-refractivity contribution in [3.63, 3.8) is 0 Å². The highest BCUT2D eigenvalue weighted by molar-refractivity contribution is 14.0. The van der Waals surface area contributed by atoms with Gasteiger partial charge in [0.1, 0.15) is 11.5 Å². The Kier molecular flexibility index (Phi) is 13.3. The summed E-state index contributed by atoms with van der Waals surface area (Å²) in [6.07, 6.45) is 1.07. The molecule has 0 bridgehead atoms. The lowest BCUT2D eigenvalue weighted by Gasteiger charge is -2.12. The van der Waals surface area contributed by atoms with Crippen LogP contribution < -0.4 is 15.4 Å². The number of nitrogens with one attached hydrogen (secondary N) is 2. The van der Waals surface area contributed by atoms with E-state index in [-0.39, 0.29) is 29.7 Å². The van der Waals surface area contributed by atoms with Gasteiger partial charge in [0.2, 0.25) is 0 Å². The average Bonchev–Trinajstić information content (AvgIpc) is 2.56. The largest absolute Gasteiger partial charge is 0.508 e. The number of benzene rings is 1. The van der Waals surface area contributed by atoms with Crippen molar-refractivity contribution in [1.82, 2.24) is 10.6 Å². The van der Waals surface area contributed by atoms with Crippen LogP contribution in [0.5, 0.6) is 11.5 Å². The first-order chi connectivity index (χ1) is 11.6. The molecule has 1 rings (SSSR count). The summed E-state index contributed by atoms with van der Waals surface area (Å²) in [4.78, 5) is 4.49. The number of phenolic OH excluding ortho intramolecular Hbond substituents is 1. The molecule has 0 aliphatic rings. The molecule has 0 spiro atoms. The van der Waals surface area contributed by atoms with Gasteiger partial charge in [-0.15, -0.1) is 24.0 Å². The third-order valence-electron chi connectivity index (χ3n) is 3.42. The lowest BCUT2D eigenvalue weighted by molar-refractivity contribution is 0.128. The second kappa shape index (κ2) is 14.0. The summed E-state index contributed by atoms with van der Waals surface area (Å²) in [5.74, 6) is 2.28. The minimum atomic E-state index is 0. The van der Waals surface area contributed by atoms with Crippen LogP contribution in [-0.4, -0.2) is 44.5 Å². The van der Waals surface area contributed by atoms with Crippen LogP contribution in [0.3, 0.4) is 0 Å². The second-order valence-corrected chi connectivity index (χ2v) is 5.91. The first-order valence-electron chi connectivity index (χ1n) is 8.52. The third kappa shape index (κ3) is 10.4. The van der Waals surface area contributed by atoms with E-state index in [4.69, 9.17) is 9.47 Å². The Morgan fingerprint density at radius 2 is 2.00 bits per heavy atom. The number of rotatable bonds is 10. The van der Waals surface area contributed by atoms with Gasteiger partial charge < -0.3 is 25.2 Å². The maximum Gasteiger partial charge on any atom is 0.191 e.